The van der Waals surface area contributed by atoms with Crippen LogP contribution in [0.15, 0.2) is 18.2 Å². The van der Waals surface area contributed by atoms with Gasteiger partial charge in [0.15, 0.2) is 0 Å². The second-order valence-corrected chi connectivity index (χ2v) is 4.76. The lowest BCUT2D eigenvalue weighted by Gasteiger charge is -2.21. The number of anilines is 2. The third-order valence-electron chi connectivity index (χ3n) is 3.00. The predicted molar refractivity (Wildman–Crippen MR) is 78.3 cm³/mol. The highest BCUT2D eigenvalue weighted by Crippen LogP contribution is 2.29. The zero-order chi connectivity index (χ0) is 13.5. The van der Waals surface area contributed by atoms with Gasteiger partial charge in [0.25, 0.3) is 0 Å². The molecule has 0 aliphatic heterocycles. The minimum atomic E-state index is 0.449. The molecule has 0 saturated heterocycles. The van der Waals surface area contributed by atoms with Gasteiger partial charge in [0, 0.05) is 12.6 Å². The maximum atomic E-state index is 6.09. The summed E-state index contributed by atoms with van der Waals surface area (Å²) in [6.07, 6.45) is 0.981. The van der Waals surface area contributed by atoms with E-state index in [-0.39, 0.29) is 0 Å². The maximum absolute atomic E-state index is 6.09. The SMILES string of the molecule is CCCOc1cccc(NCC(C)N(C)C)c1N. The Bertz CT molecular complexity index is 366. The quantitative estimate of drug-likeness (QED) is 0.731. The van der Waals surface area contributed by atoms with Crippen LogP contribution in [-0.2, 0) is 0 Å². The number of nitrogen functional groups attached to an aromatic ring is 1. The van der Waals surface area contributed by atoms with Crippen molar-refractivity contribution in [3.8, 4) is 5.75 Å². The van der Waals surface area contributed by atoms with Crippen LogP contribution in [0, 0.1) is 0 Å². The monoisotopic (exact) mass is 251 g/mol. The molecule has 0 amide bonds. The van der Waals surface area contributed by atoms with E-state index in [4.69, 9.17) is 10.5 Å². The van der Waals surface area contributed by atoms with Gasteiger partial charge in [-0.1, -0.05) is 13.0 Å². The van der Waals surface area contributed by atoms with E-state index in [9.17, 15) is 0 Å². The normalized spacial score (nSPS) is 12.5. The Kier molecular flexibility index (Phi) is 5.78. The molecule has 0 bridgehead atoms. The summed E-state index contributed by atoms with van der Waals surface area (Å²) < 4.78 is 5.61. The van der Waals surface area contributed by atoms with E-state index in [2.05, 4.69) is 38.2 Å². The molecule has 0 radical (unpaired) electrons. The Morgan fingerprint density at radius 3 is 2.72 bits per heavy atom. The van der Waals surface area contributed by atoms with Gasteiger partial charge in [0.05, 0.1) is 18.0 Å². The minimum Gasteiger partial charge on any atom is -0.491 e. The molecule has 4 heteroatoms. The average molecular weight is 251 g/mol. The Morgan fingerprint density at radius 2 is 2.11 bits per heavy atom. The molecule has 1 atom stereocenters. The first kappa shape index (κ1) is 14.6. The average Bonchev–Trinajstić information content (AvgIpc) is 2.35. The number of hydrogen-bond acceptors (Lipinski definition) is 4. The van der Waals surface area contributed by atoms with Crippen molar-refractivity contribution in [1.82, 2.24) is 4.90 Å². The van der Waals surface area contributed by atoms with E-state index in [0.29, 0.717) is 18.3 Å². The number of ether oxygens (including phenoxy) is 1. The van der Waals surface area contributed by atoms with Crippen LogP contribution in [0.1, 0.15) is 20.3 Å². The van der Waals surface area contributed by atoms with Crippen molar-refractivity contribution < 1.29 is 4.74 Å². The molecule has 4 nitrogen and oxygen atoms in total. The number of nitrogens with two attached hydrogens (primary N) is 1. The van der Waals surface area contributed by atoms with E-state index < -0.39 is 0 Å². The first-order valence-corrected chi connectivity index (χ1v) is 6.47. The van der Waals surface area contributed by atoms with Crippen molar-refractivity contribution >= 4 is 11.4 Å². The van der Waals surface area contributed by atoms with Crippen molar-refractivity contribution in [2.75, 3.05) is 38.3 Å². The van der Waals surface area contributed by atoms with Crippen LogP contribution in [0.5, 0.6) is 5.75 Å². The molecule has 0 aliphatic rings. The summed E-state index contributed by atoms with van der Waals surface area (Å²) in [5.74, 6) is 0.763. The van der Waals surface area contributed by atoms with Gasteiger partial charge in [-0.3, -0.25) is 0 Å². The van der Waals surface area contributed by atoms with Crippen molar-refractivity contribution in [3.63, 3.8) is 0 Å². The number of nitrogens with one attached hydrogen (secondary N) is 1. The van der Waals surface area contributed by atoms with Gasteiger partial charge in [0.1, 0.15) is 5.75 Å². The van der Waals surface area contributed by atoms with Crippen molar-refractivity contribution in [2.24, 2.45) is 0 Å². The van der Waals surface area contributed by atoms with Crippen LogP contribution >= 0.6 is 0 Å². The third-order valence-corrected chi connectivity index (χ3v) is 3.00. The summed E-state index contributed by atoms with van der Waals surface area (Å²) in [6.45, 7) is 5.80. The maximum Gasteiger partial charge on any atom is 0.144 e. The largest absolute Gasteiger partial charge is 0.491 e. The van der Waals surface area contributed by atoms with E-state index in [0.717, 1.165) is 24.4 Å². The minimum absolute atomic E-state index is 0.449. The molecule has 0 aromatic heterocycles. The highest BCUT2D eigenvalue weighted by atomic mass is 16.5. The molecule has 0 aliphatic carbocycles. The van der Waals surface area contributed by atoms with Gasteiger partial charge < -0.3 is 20.7 Å². The molecule has 102 valence electrons. The summed E-state index contributed by atoms with van der Waals surface area (Å²) in [6, 6.07) is 6.30. The van der Waals surface area contributed by atoms with Crippen LogP contribution in [0.2, 0.25) is 0 Å². The first-order valence-electron chi connectivity index (χ1n) is 6.47. The molecule has 3 N–H and O–H groups in total. The number of nitrogens with zero attached hydrogens (tertiary/aromatic N) is 1. The fourth-order valence-corrected chi connectivity index (χ4v) is 1.48. The lowest BCUT2D eigenvalue weighted by Crippen LogP contribution is -2.31. The Balaban J connectivity index is 2.65. The van der Waals surface area contributed by atoms with Crippen LogP contribution in [0.25, 0.3) is 0 Å². The first-order chi connectivity index (χ1) is 8.56. The molecule has 1 unspecified atom stereocenters. The zero-order valence-electron chi connectivity index (χ0n) is 11.9. The molecule has 1 aromatic carbocycles. The fraction of sp³-hybridized carbons (Fsp3) is 0.571. The standard InChI is InChI=1S/C14H25N3O/c1-5-9-18-13-8-6-7-12(14(13)15)16-10-11(2)17(3)4/h6-8,11,16H,5,9-10,15H2,1-4H3. The second-order valence-electron chi connectivity index (χ2n) is 4.76. The molecule has 0 saturated carbocycles. The topological polar surface area (TPSA) is 50.5 Å². The van der Waals surface area contributed by atoms with Crippen LogP contribution in [-0.4, -0.2) is 38.2 Å². The van der Waals surface area contributed by atoms with E-state index >= 15 is 0 Å². The summed E-state index contributed by atoms with van der Waals surface area (Å²) in [5, 5.41) is 3.36. The summed E-state index contributed by atoms with van der Waals surface area (Å²) in [4.78, 5) is 2.17. The lowest BCUT2D eigenvalue weighted by atomic mass is 10.2. The number of hydrogen-bond donors (Lipinski definition) is 2. The smallest absolute Gasteiger partial charge is 0.144 e. The van der Waals surface area contributed by atoms with Crippen molar-refractivity contribution in [1.29, 1.82) is 0 Å². The van der Waals surface area contributed by atoms with Gasteiger partial charge in [-0.15, -0.1) is 0 Å². The van der Waals surface area contributed by atoms with Gasteiger partial charge >= 0.3 is 0 Å². The second kappa shape index (κ2) is 7.11. The van der Waals surface area contributed by atoms with Gasteiger partial charge in [-0.25, -0.2) is 0 Å². The molecular weight excluding hydrogens is 226 g/mol. The van der Waals surface area contributed by atoms with Gasteiger partial charge in [-0.2, -0.15) is 0 Å². The molecule has 1 rings (SSSR count). The highest BCUT2D eigenvalue weighted by Gasteiger charge is 2.08. The van der Waals surface area contributed by atoms with Crippen molar-refractivity contribution in [3.05, 3.63) is 18.2 Å². The number of rotatable bonds is 7. The lowest BCUT2D eigenvalue weighted by molar-refractivity contribution is 0.319. The van der Waals surface area contributed by atoms with Gasteiger partial charge in [-0.05, 0) is 39.6 Å². The fourth-order valence-electron chi connectivity index (χ4n) is 1.48. The van der Waals surface area contributed by atoms with E-state index in [1.807, 2.05) is 18.2 Å². The Morgan fingerprint density at radius 1 is 1.39 bits per heavy atom. The van der Waals surface area contributed by atoms with Crippen LogP contribution < -0.4 is 15.8 Å². The Hall–Kier alpha value is -1.42. The molecule has 0 heterocycles. The summed E-state index contributed by atoms with van der Waals surface area (Å²) >= 11 is 0. The molecule has 1 aromatic rings. The predicted octanol–water partition coefficient (Wildman–Crippen LogP) is 2.42. The number of likely N-dealkylation sites (N-methyl/N-ethyl adjacent to an activating group) is 1. The number of para-hydroxylation sites is 1. The van der Waals surface area contributed by atoms with Crippen LogP contribution in [0.3, 0.4) is 0 Å². The van der Waals surface area contributed by atoms with E-state index in [1.165, 1.54) is 0 Å². The molecule has 0 fully saturated rings. The van der Waals surface area contributed by atoms with Crippen LogP contribution in [0.4, 0.5) is 11.4 Å². The van der Waals surface area contributed by atoms with E-state index in [1.54, 1.807) is 0 Å². The zero-order valence-corrected chi connectivity index (χ0v) is 11.9. The molecular formula is C14H25N3O. The summed E-state index contributed by atoms with van der Waals surface area (Å²) in [5.41, 5.74) is 7.72. The molecule has 18 heavy (non-hydrogen) atoms. The van der Waals surface area contributed by atoms with Crippen molar-refractivity contribution in [2.45, 2.75) is 26.3 Å². The molecule has 0 spiro atoms. The number of benzene rings is 1. The third kappa shape index (κ3) is 4.11. The summed E-state index contributed by atoms with van der Waals surface area (Å²) in [7, 11) is 4.13. The highest BCUT2D eigenvalue weighted by molar-refractivity contribution is 5.72. The van der Waals surface area contributed by atoms with Gasteiger partial charge in [0.2, 0.25) is 0 Å². The Labute approximate surface area is 110 Å².